The molecule has 1 aliphatic carbocycles. The molecule has 0 unspecified atom stereocenters. The third-order valence-electron chi connectivity index (χ3n) is 8.43. The minimum atomic E-state index is -1.07. The number of unbranched alkanes of at least 4 members (excludes halogenated alkanes) is 3. The molecule has 2 fully saturated rings. The van der Waals surface area contributed by atoms with Crippen LogP contribution in [0.2, 0.25) is 18.1 Å². The van der Waals surface area contributed by atoms with Gasteiger partial charge in [0.15, 0.2) is 0 Å². The first-order chi connectivity index (χ1) is 16.0. The van der Waals surface area contributed by atoms with E-state index < -0.39 is 31.8 Å². The molecule has 1 heterocycles. The number of hydrogen-bond donors (Lipinski definition) is 0. The summed E-state index contributed by atoms with van der Waals surface area (Å²) in [7, 11) is -0.399. The number of hydrogen-bond acceptors (Lipinski definition) is 0. The van der Waals surface area contributed by atoms with Crippen LogP contribution in [0.4, 0.5) is 13.2 Å². The van der Waals surface area contributed by atoms with Crippen molar-refractivity contribution >= 4 is 26.2 Å². The second-order valence-corrected chi connectivity index (χ2v) is 14.4. The minimum absolute atomic E-state index is 0.399. The second-order valence-electron chi connectivity index (χ2n) is 10.7. The van der Waals surface area contributed by atoms with Gasteiger partial charge in [-0.1, -0.05) is 94.4 Å². The van der Waals surface area contributed by atoms with Crippen molar-refractivity contribution in [2.75, 3.05) is 0 Å². The van der Waals surface area contributed by atoms with Gasteiger partial charge in [0.2, 0.25) is 0 Å². The normalized spacial score (nSPS) is 26.5. The summed E-state index contributed by atoms with van der Waals surface area (Å²) in [5, 5.41) is 0. The summed E-state index contributed by atoms with van der Waals surface area (Å²) in [5.41, 5.74) is 0.489. The molecular formula is C28H42ClF3Si. The maximum absolute atomic E-state index is 14.1. The molecule has 0 spiro atoms. The zero-order valence-electron chi connectivity index (χ0n) is 20.4. The van der Waals surface area contributed by atoms with Crippen molar-refractivity contribution in [3.05, 3.63) is 40.4 Å². The molecule has 0 radical (unpaired) electrons. The van der Waals surface area contributed by atoms with Gasteiger partial charge in [-0.15, -0.1) is 0 Å². The fraction of sp³-hybridized carbons (Fsp3) is 0.714. The summed E-state index contributed by atoms with van der Waals surface area (Å²) in [6, 6.07) is 7.28. The first kappa shape index (κ1) is 26.9. The van der Waals surface area contributed by atoms with E-state index in [2.05, 4.69) is 6.92 Å². The molecule has 5 heteroatoms. The van der Waals surface area contributed by atoms with Crippen LogP contribution in [0, 0.1) is 29.4 Å². The molecule has 1 aliphatic heterocycles. The molecule has 0 amide bonds. The molecule has 1 aromatic carbocycles. The third-order valence-corrected chi connectivity index (χ3v) is 12.1. The molecule has 0 nitrogen and oxygen atoms in total. The lowest BCUT2D eigenvalue weighted by Gasteiger charge is -2.37. The minimum Gasteiger partial charge on any atom is -0.206 e. The van der Waals surface area contributed by atoms with Gasteiger partial charge in [0.1, 0.15) is 17.5 Å². The molecule has 1 saturated carbocycles. The number of aryl methyl sites for hydroxylation is 1. The lowest BCUT2D eigenvalue weighted by molar-refractivity contribution is 0.184. The van der Waals surface area contributed by atoms with Gasteiger partial charge in [-0.05, 0) is 61.1 Å². The van der Waals surface area contributed by atoms with Crippen LogP contribution >= 0.6 is 11.6 Å². The van der Waals surface area contributed by atoms with Crippen LogP contribution in [0.5, 0.6) is 0 Å². The van der Waals surface area contributed by atoms with Crippen LogP contribution in [0.3, 0.4) is 0 Å². The van der Waals surface area contributed by atoms with E-state index in [0.717, 1.165) is 30.6 Å². The van der Waals surface area contributed by atoms with Gasteiger partial charge >= 0.3 is 0 Å². The van der Waals surface area contributed by atoms with Gasteiger partial charge in [-0.25, -0.2) is 13.2 Å². The third kappa shape index (κ3) is 8.16. The quantitative estimate of drug-likeness (QED) is 0.210. The Morgan fingerprint density at radius 2 is 1.58 bits per heavy atom. The lowest BCUT2D eigenvalue weighted by Crippen LogP contribution is -2.28. The van der Waals surface area contributed by atoms with E-state index in [4.69, 9.17) is 11.6 Å². The van der Waals surface area contributed by atoms with Crippen molar-refractivity contribution in [1.82, 2.24) is 0 Å². The summed E-state index contributed by atoms with van der Waals surface area (Å²) in [6.07, 6.45) is 16.7. The van der Waals surface area contributed by atoms with E-state index in [1.54, 1.807) is 18.1 Å². The predicted octanol–water partition coefficient (Wildman–Crippen LogP) is 9.82. The molecule has 0 bridgehead atoms. The van der Waals surface area contributed by atoms with Crippen LogP contribution in [0.15, 0.2) is 17.7 Å². The topological polar surface area (TPSA) is 0 Å². The Morgan fingerprint density at radius 1 is 0.939 bits per heavy atom. The summed E-state index contributed by atoms with van der Waals surface area (Å²) in [6.45, 7) is 2.31. The van der Waals surface area contributed by atoms with Crippen LogP contribution < -0.4 is 0 Å². The molecule has 1 aromatic rings. The first-order valence-electron chi connectivity index (χ1n) is 13.5. The van der Waals surface area contributed by atoms with Gasteiger partial charge in [-0.3, -0.25) is 0 Å². The summed E-state index contributed by atoms with van der Waals surface area (Å²) in [5.74, 6) is -0.0349. The Morgan fingerprint density at radius 3 is 2.18 bits per heavy atom. The van der Waals surface area contributed by atoms with Crippen molar-refractivity contribution in [2.24, 2.45) is 17.8 Å². The average molecular weight is 499 g/mol. The summed E-state index contributed by atoms with van der Waals surface area (Å²) < 4.78 is 41.6. The van der Waals surface area contributed by atoms with Gasteiger partial charge < -0.3 is 0 Å². The SMILES string of the molecule is CCCCC[SiH]1CCC(C2CCC(CCCCc3cc(F)c(/C(F)=C\Cl)c(F)c3)CC2)CC1. The second kappa shape index (κ2) is 14.0. The summed E-state index contributed by atoms with van der Waals surface area (Å²) in [4.78, 5) is 0. The molecule has 3 rings (SSSR count). The van der Waals surface area contributed by atoms with Crippen LogP contribution in [-0.2, 0) is 6.42 Å². The molecule has 0 atom stereocenters. The van der Waals surface area contributed by atoms with Crippen molar-refractivity contribution < 1.29 is 13.2 Å². The standard InChI is InChI=1S/C28H42ClF3Si/c1-2-3-6-15-33-16-13-24(14-17-33)23-11-9-21(10-12-23)7-4-5-8-22-18-25(30)28(26(31)19-22)27(32)20-29/h18-21,23-24,33H,2-17H2,1H3/b27-20+. The number of rotatable bonds is 11. The Hall–Kier alpha value is -0.743. The number of halogens is 4. The largest absolute Gasteiger partial charge is 0.206 e. The molecule has 0 N–H and O–H groups in total. The van der Waals surface area contributed by atoms with Gasteiger partial charge in [0, 0.05) is 14.3 Å². The highest BCUT2D eigenvalue weighted by atomic mass is 35.5. The van der Waals surface area contributed by atoms with Crippen molar-refractivity contribution in [3.8, 4) is 0 Å². The molecule has 2 aliphatic rings. The van der Waals surface area contributed by atoms with E-state index in [9.17, 15) is 13.2 Å². The van der Waals surface area contributed by atoms with E-state index in [1.165, 1.54) is 76.3 Å². The zero-order valence-corrected chi connectivity index (χ0v) is 22.3. The summed E-state index contributed by atoms with van der Waals surface area (Å²) >= 11 is 5.26. The predicted molar refractivity (Wildman–Crippen MR) is 138 cm³/mol. The first-order valence-corrected chi connectivity index (χ1v) is 16.3. The van der Waals surface area contributed by atoms with Gasteiger partial charge in [-0.2, -0.15) is 0 Å². The van der Waals surface area contributed by atoms with Gasteiger partial charge in [0.25, 0.3) is 0 Å². The molecule has 186 valence electrons. The molecular weight excluding hydrogens is 457 g/mol. The zero-order chi connectivity index (χ0) is 23.6. The molecule has 1 saturated heterocycles. The van der Waals surface area contributed by atoms with Crippen LogP contribution in [0.1, 0.15) is 95.1 Å². The average Bonchev–Trinajstić information content (AvgIpc) is 2.82. The Bertz CT molecular complexity index is 727. The lowest BCUT2D eigenvalue weighted by atomic mass is 9.73. The fourth-order valence-corrected chi connectivity index (χ4v) is 10.0. The van der Waals surface area contributed by atoms with Gasteiger partial charge in [0.05, 0.1) is 5.56 Å². The van der Waals surface area contributed by atoms with E-state index in [1.807, 2.05) is 0 Å². The van der Waals surface area contributed by atoms with E-state index >= 15 is 0 Å². The maximum atomic E-state index is 14.1. The van der Waals surface area contributed by atoms with Crippen molar-refractivity contribution in [1.29, 1.82) is 0 Å². The smallest absolute Gasteiger partial charge is 0.147 e. The molecule has 33 heavy (non-hydrogen) atoms. The van der Waals surface area contributed by atoms with E-state index in [-0.39, 0.29) is 0 Å². The van der Waals surface area contributed by atoms with E-state index in [0.29, 0.717) is 17.5 Å². The highest BCUT2D eigenvalue weighted by molar-refractivity contribution is 6.58. The number of benzene rings is 1. The monoisotopic (exact) mass is 498 g/mol. The highest BCUT2D eigenvalue weighted by Gasteiger charge is 2.30. The Labute approximate surface area is 206 Å². The highest BCUT2D eigenvalue weighted by Crippen LogP contribution is 2.42. The maximum Gasteiger partial charge on any atom is 0.147 e. The fourth-order valence-electron chi connectivity index (χ4n) is 6.39. The Kier molecular flexibility index (Phi) is 11.4. The van der Waals surface area contributed by atoms with Crippen LogP contribution in [0.25, 0.3) is 5.83 Å². The van der Waals surface area contributed by atoms with Crippen molar-refractivity contribution in [3.63, 3.8) is 0 Å². The van der Waals surface area contributed by atoms with Crippen molar-refractivity contribution in [2.45, 2.75) is 109 Å². The Balaban J connectivity index is 1.32. The van der Waals surface area contributed by atoms with Crippen LogP contribution in [-0.4, -0.2) is 8.80 Å². The molecule has 0 aromatic heterocycles.